The van der Waals surface area contributed by atoms with Gasteiger partial charge in [0.05, 0.1) is 6.54 Å². The maximum atomic E-state index is 12.8. The summed E-state index contributed by atoms with van der Waals surface area (Å²) in [5, 5.41) is 5.56. The highest BCUT2D eigenvalue weighted by molar-refractivity contribution is 5.97. The van der Waals surface area contributed by atoms with Gasteiger partial charge in [-0.3, -0.25) is 19.4 Å². The standard InChI is InChI=1S/C21H22N4O3/c1-12-6-16(7-13(2)23-12)14-4-3-5-15(8-14)20(27)24-17-9-18-21(28)22-10-19(26)25(18)11-17/h3-8,17-18H,9-11H2,1-2H3,(H,22,28)(H,24,27)/t17-,18-/m0/s1. The lowest BCUT2D eigenvalue weighted by Crippen LogP contribution is -2.55. The molecule has 2 saturated heterocycles. The zero-order valence-electron chi connectivity index (χ0n) is 15.9. The smallest absolute Gasteiger partial charge is 0.251 e. The minimum Gasteiger partial charge on any atom is -0.347 e. The van der Waals surface area contributed by atoms with E-state index < -0.39 is 6.04 Å². The van der Waals surface area contributed by atoms with Crippen molar-refractivity contribution in [3.8, 4) is 11.1 Å². The molecule has 0 saturated carbocycles. The van der Waals surface area contributed by atoms with Gasteiger partial charge in [0.25, 0.3) is 5.91 Å². The minimum atomic E-state index is -0.486. The third-order valence-electron chi connectivity index (χ3n) is 5.21. The number of fused-ring (bicyclic) bond motifs is 1. The summed E-state index contributed by atoms with van der Waals surface area (Å²) in [5.41, 5.74) is 4.36. The average Bonchev–Trinajstić information content (AvgIpc) is 3.09. The second-order valence-corrected chi connectivity index (χ2v) is 7.41. The first kappa shape index (κ1) is 18.2. The molecule has 3 heterocycles. The lowest BCUT2D eigenvalue weighted by molar-refractivity contribution is -0.143. The molecule has 2 aromatic rings. The zero-order valence-corrected chi connectivity index (χ0v) is 15.9. The number of nitrogens with one attached hydrogen (secondary N) is 2. The largest absolute Gasteiger partial charge is 0.347 e. The van der Waals surface area contributed by atoms with Crippen LogP contribution < -0.4 is 10.6 Å². The van der Waals surface area contributed by atoms with Crippen LogP contribution in [-0.4, -0.2) is 52.8 Å². The Morgan fingerprint density at radius 2 is 1.89 bits per heavy atom. The van der Waals surface area contributed by atoms with E-state index in [1.807, 2.05) is 44.2 Å². The number of hydrogen-bond acceptors (Lipinski definition) is 4. The molecular weight excluding hydrogens is 356 g/mol. The van der Waals surface area contributed by atoms with E-state index in [2.05, 4.69) is 15.6 Å². The number of aromatic nitrogens is 1. The van der Waals surface area contributed by atoms with Crippen molar-refractivity contribution in [1.82, 2.24) is 20.5 Å². The lowest BCUT2D eigenvalue weighted by Gasteiger charge is -2.28. The van der Waals surface area contributed by atoms with E-state index in [0.717, 1.165) is 22.5 Å². The molecule has 0 aliphatic carbocycles. The van der Waals surface area contributed by atoms with Crippen molar-refractivity contribution >= 4 is 17.7 Å². The van der Waals surface area contributed by atoms with Gasteiger partial charge >= 0.3 is 0 Å². The van der Waals surface area contributed by atoms with Crippen LogP contribution in [-0.2, 0) is 9.59 Å². The van der Waals surface area contributed by atoms with Crippen LogP contribution >= 0.6 is 0 Å². The van der Waals surface area contributed by atoms with Gasteiger partial charge in [-0.05, 0) is 55.7 Å². The maximum Gasteiger partial charge on any atom is 0.251 e. The molecule has 7 nitrogen and oxygen atoms in total. The van der Waals surface area contributed by atoms with Crippen LogP contribution in [0.25, 0.3) is 11.1 Å². The SMILES string of the molecule is Cc1cc(-c2cccc(C(=O)N[C@H]3C[C@H]4C(=O)NCC(=O)N4C3)c2)cc(C)n1. The van der Waals surface area contributed by atoms with Crippen molar-refractivity contribution in [2.24, 2.45) is 0 Å². The lowest BCUT2D eigenvalue weighted by atomic mass is 10.0. The Bertz CT molecular complexity index is 928. The highest BCUT2D eigenvalue weighted by Crippen LogP contribution is 2.23. The highest BCUT2D eigenvalue weighted by Gasteiger charge is 2.42. The molecule has 4 rings (SSSR count). The van der Waals surface area contributed by atoms with Crippen LogP contribution in [0.1, 0.15) is 28.2 Å². The zero-order chi connectivity index (χ0) is 19.8. The predicted octanol–water partition coefficient (Wildman–Crippen LogP) is 1.19. The second kappa shape index (κ2) is 7.07. The second-order valence-electron chi connectivity index (χ2n) is 7.41. The Kier molecular flexibility index (Phi) is 4.58. The van der Waals surface area contributed by atoms with Crippen molar-refractivity contribution < 1.29 is 14.4 Å². The Balaban J connectivity index is 1.50. The molecule has 2 aliphatic rings. The Morgan fingerprint density at radius 3 is 2.61 bits per heavy atom. The number of hydrogen-bond donors (Lipinski definition) is 2. The molecule has 28 heavy (non-hydrogen) atoms. The average molecular weight is 378 g/mol. The fraction of sp³-hybridized carbons (Fsp3) is 0.333. The Morgan fingerprint density at radius 1 is 1.14 bits per heavy atom. The molecule has 2 N–H and O–H groups in total. The van der Waals surface area contributed by atoms with Gasteiger partial charge in [0, 0.05) is 29.5 Å². The topological polar surface area (TPSA) is 91.4 Å². The summed E-state index contributed by atoms with van der Waals surface area (Å²) < 4.78 is 0. The van der Waals surface area contributed by atoms with Gasteiger partial charge in [0.1, 0.15) is 6.04 Å². The summed E-state index contributed by atoms with van der Waals surface area (Å²) in [6.07, 6.45) is 0.436. The summed E-state index contributed by atoms with van der Waals surface area (Å²) in [6.45, 7) is 4.28. The van der Waals surface area contributed by atoms with Gasteiger partial charge in [-0.1, -0.05) is 12.1 Å². The summed E-state index contributed by atoms with van der Waals surface area (Å²) in [4.78, 5) is 42.6. The van der Waals surface area contributed by atoms with E-state index in [1.54, 1.807) is 11.0 Å². The van der Waals surface area contributed by atoms with Crippen LogP contribution in [0.15, 0.2) is 36.4 Å². The fourth-order valence-corrected chi connectivity index (χ4v) is 3.96. The van der Waals surface area contributed by atoms with Gasteiger partial charge in [0.2, 0.25) is 11.8 Å². The molecule has 2 aliphatic heterocycles. The Hall–Kier alpha value is -3.22. The molecule has 1 aromatic heterocycles. The number of aryl methyl sites for hydroxylation is 2. The van der Waals surface area contributed by atoms with E-state index in [-0.39, 0.29) is 30.3 Å². The molecule has 3 amide bonds. The summed E-state index contributed by atoms with van der Waals surface area (Å²) >= 11 is 0. The normalized spacial score (nSPS) is 21.3. The number of nitrogens with zero attached hydrogens (tertiary/aromatic N) is 2. The van der Waals surface area contributed by atoms with E-state index in [9.17, 15) is 14.4 Å². The molecule has 144 valence electrons. The number of pyridine rings is 1. The number of carbonyl (C=O) groups excluding carboxylic acids is 3. The molecule has 0 spiro atoms. The quantitative estimate of drug-likeness (QED) is 0.839. The first-order chi connectivity index (χ1) is 13.4. The molecule has 7 heteroatoms. The van der Waals surface area contributed by atoms with Crippen LogP contribution in [0, 0.1) is 13.8 Å². The van der Waals surface area contributed by atoms with Crippen LogP contribution in [0.4, 0.5) is 0 Å². The summed E-state index contributed by atoms with van der Waals surface area (Å²) in [7, 11) is 0. The molecule has 0 bridgehead atoms. The molecular formula is C21H22N4O3. The molecule has 1 aromatic carbocycles. The minimum absolute atomic E-state index is 0.0306. The van der Waals surface area contributed by atoms with E-state index in [0.29, 0.717) is 18.5 Å². The van der Waals surface area contributed by atoms with Gasteiger partial charge in [-0.15, -0.1) is 0 Å². The third kappa shape index (κ3) is 3.47. The van der Waals surface area contributed by atoms with Crippen molar-refractivity contribution in [1.29, 1.82) is 0 Å². The molecule has 2 fully saturated rings. The van der Waals surface area contributed by atoms with E-state index in [4.69, 9.17) is 0 Å². The number of benzene rings is 1. The predicted molar refractivity (Wildman–Crippen MR) is 104 cm³/mol. The van der Waals surface area contributed by atoms with Crippen molar-refractivity contribution in [2.75, 3.05) is 13.1 Å². The van der Waals surface area contributed by atoms with Crippen LogP contribution in [0.2, 0.25) is 0 Å². The van der Waals surface area contributed by atoms with E-state index in [1.165, 1.54) is 0 Å². The summed E-state index contributed by atoms with van der Waals surface area (Å²) in [5.74, 6) is -0.462. The summed E-state index contributed by atoms with van der Waals surface area (Å²) in [6, 6.07) is 10.7. The number of piperazine rings is 1. The highest BCUT2D eigenvalue weighted by atomic mass is 16.2. The van der Waals surface area contributed by atoms with Crippen molar-refractivity contribution in [3.05, 3.63) is 53.3 Å². The van der Waals surface area contributed by atoms with Crippen LogP contribution in [0.5, 0.6) is 0 Å². The van der Waals surface area contributed by atoms with Gasteiger partial charge in [0.15, 0.2) is 0 Å². The maximum absolute atomic E-state index is 12.8. The first-order valence-electron chi connectivity index (χ1n) is 9.34. The molecule has 2 atom stereocenters. The van der Waals surface area contributed by atoms with Gasteiger partial charge < -0.3 is 15.5 Å². The number of amides is 3. The molecule has 0 unspecified atom stereocenters. The van der Waals surface area contributed by atoms with Gasteiger partial charge in [-0.2, -0.15) is 0 Å². The van der Waals surface area contributed by atoms with E-state index >= 15 is 0 Å². The fourth-order valence-electron chi connectivity index (χ4n) is 3.96. The first-order valence-corrected chi connectivity index (χ1v) is 9.34. The third-order valence-corrected chi connectivity index (χ3v) is 5.21. The van der Waals surface area contributed by atoms with Crippen LogP contribution in [0.3, 0.4) is 0 Å². The van der Waals surface area contributed by atoms with Crippen molar-refractivity contribution in [2.45, 2.75) is 32.4 Å². The number of rotatable bonds is 3. The number of carbonyl (C=O) groups is 3. The Labute approximate surface area is 163 Å². The van der Waals surface area contributed by atoms with Crippen molar-refractivity contribution in [3.63, 3.8) is 0 Å². The van der Waals surface area contributed by atoms with Gasteiger partial charge in [-0.25, -0.2) is 0 Å². The monoisotopic (exact) mass is 378 g/mol. The molecule has 0 radical (unpaired) electrons.